The Bertz CT molecular complexity index is 887. The van der Waals surface area contributed by atoms with Crippen LogP contribution in [0.4, 0.5) is 0 Å². The van der Waals surface area contributed by atoms with Crippen LogP contribution in [0.2, 0.25) is 0 Å². The van der Waals surface area contributed by atoms with Gasteiger partial charge in [0.1, 0.15) is 6.04 Å². The second-order valence-electron chi connectivity index (χ2n) is 8.53. The van der Waals surface area contributed by atoms with Crippen LogP contribution < -0.4 is 0 Å². The van der Waals surface area contributed by atoms with E-state index in [9.17, 15) is 9.59 Å². The standard InChI is InChI=1S/C21H27N5O3/c1-14(2)19(27)25-9-6-21(7-10-25)11-17(18-24-23-15(3)29-18)26(13-21)20(28)16-5-4-8-22-12-16/h4-5,8,12,14,17H,6-7,9-11,13H2,1-3H3. The van der Waals surface area contributed by atoms with Crippen molar-refractivity contribution in [2.24, 2.45) is 11.3 Å². The molecule has 1 spiro atoms. The third kappa shape index (κ3) is 3.75. The van der Waals surface area contributed by atoms with Crippen molar-refractivity contribution in [3.05, 3.63) is 41.9 Å². The van der Waals surface area contributed by atoms with Crippen molar-refractivity contribution < 1.29 is 14.0 Å². The van der Waals surface area contributed by atoms with E-state index in [-0.39, 0.29) is 29.2 Å². The van der Waals surface area contributed by atoms with Crippen molar-refractivity contribution in [1.29, 1.82) is 0 Å². The zero-order valence-corrected chi connectivity index (χ0v) is 17.2. The Morgan fingerprint density at radius 3 is 2.59 bits per heavy atom. The number of carbonyl (C=O) groups excluding carboxylic acids is 2. The molecule has 2 aliphatic heterocycles. The van der Waals surface area contributed by atoms with E-state index in [0.29, 0.717) is 23.9 Å². The molecule has 2 saturated heterocycles. The molecule has 0 N–H and O–H groups in total. The van der Waals surface area contributed by atoms with Crippen LogP contribution in [0.3, 0.4) is 0 Å². The summed E-state index contributed by atoms with van der Waals surface area (Å²) < 4.78 is 5.71. The maximum atomic E-state index is 13.3. The molecule has 0 radical (unpaired) electrons. The summed E-state index contributed by atoms with van der Waals surface area (Å²) in [5.74, 6) is 1.11. The van der Waals surface area contributed by atoms with Gasteiger partial charge in [0.2, 0.25) is 17.7 Å². The molecule has 0 bridgehead atoms. The molecule has 4 heterocycles. The van der Waals surface area contributed by atoms with Crippen LogP contribution in [0.15, 0.2) is 28.9 Å². The lowest BCUT2D eigenvalue weighted by Crippen LogP contribution is -2.46. The molecule has 2 amide bonds. The summed E-state index contributed by atoms with van der Waals surface area (Å²) >= 11 is 0. The van der Waals surface area contributed by atoms with E-state index >= 15 is 0 Å². The predicted molar refractivity (Wildman–Crippen MR) is 105 cm³/mol. The third-order valence-electron chi connectivity index (χ3n) is 6.13. The molecular weight excluding hydrogens is 370 g/mol. The fourth-order valence-corrected chi connectivity index (χ4v) is 4.52. The molecule has 2 aromatic rings. The fourth-order valence-electron chi connectivity index (χ4n) is 4.52. The van der Waals surface area contributed by atoms with E-state index in [1.807, 2.05) is 23.6 Å². The van der Waals surface area contributed by atoms with Gasteiger partial charge in [0, 0.05) is 44.9 Å². The van der Waals surface area contributed by atoms with E-state index in [1.54, 1.807) is 31.5 Å². The van der Waals surface area contributed by atoms with E-state index < -0.39 is 0 Å². The Hall–Kier alpha value is -2.77. The molecular formula is C21H27N5O3. The molecule has 2 fully saturated rings. The van der Waals surface area contributed by atoms with Gasteiger partial charge in [0.05, 0.1) is 5.56 Å². The highest BCUT2D eigenvalue weighted by atomic mass is 16.4. The predicted octanol–water partition coefficient (Wildman–Crippen LogP) is 2.63. The average molecular weight is 397 g/mol. The molecule has 0 saturated carbocycles. The maximum absolute atomic E-state index is 13.3. The van der Waals surface area contributed by atoms with Gasteiger partial charge in [0.15, 0.2) is 0 Å². The number of hydrogen-bond acceptors (Lipinski definition) is 6. The summed E-state index contributed by atoms with van der Waals surface area (Å²) in [6.45, 7) is 7.69. The average Bonchev–Trinajstić information content (AvgIpc) is 3.32. The van der Waals surface area contributed by atoms with E-state index in [4.69, 9.17) is 4.42 Å². The van der Waals surface area contributed by atoms with E-state index in [2.05, 4.69) is 15.2 Å². The summed E-state index contributed by atoms with van der Waals surface area (Å²) in [5.41, 5.74) is 0.511. The zero-order valence-electron chi connectivity index (χ0n) is 17.2. The van der Waals surface area contributed by atoms with Gasteiger partial charge in [-0.25, -0.2) is 0 Å². The minimum atomic E-state index is -0.253. The Balaban J connectivity index is 1.57. The van der Waals surface area contributed by atoms with Gasteiger partial charge in [0.25, 0.3) is 5.91 Å². The molecule has 8 heteroatoms. The summed E-state index contributed by atoms with van der Waals surface area (Å²) in [5, 5.41) is 8.17. The number of likely N-dealkylation sites (tertiary alicyclic amines) is 2. The number of nitrogens with zero attached hydrogens (tertiary/aromatic N) is 5. The van der Waals surface area contributed by atoms with Gasteiger partial charge < -0.3 is 14.2 Å². The van der Waals surface area contributed by atoms with Crippen molar-refractivity contribution >= 4 is 11.8 Å². The van der Waals surface area contributed by atoms with Crippen molar-refractivity contribution in [1.82, 2.24) is 25.0 Å². The Morgan fingerprint density at radius 1 is 1.24 bits per heavy atom. The van der Waals surface area contributed by atoms with Crippen molar-refractivity contribution in [2.45, 2.75) is 46.1 Å². The number of hydrogen-bond donors (Lipinski definition) is 0. The van der Waals surface area contributed by atoms with Gasteiger partial charge in [-0.2, -0.15) is 0 Å². The SMILES string of the molecule is Cc1nnc(C2CC3(CCN(C(=O)C(C)C)CC3)CN2C(=O)c2cccnc2)o1. The molecule has 8 nitrogen and oxygen atoms in total. The van der Waals surface area contributed by atoms with Crippen LogP contribution in [0.5, 0.6) is 0 Å². The third-order valence-corrected chi connectivity index (χ3v) is 6.13. The fraction of sp³-hybridized carbons (Fsp3) is 0.571. The van der Waals surface area contributed by atoms with Gasteiger partial charge >= 0.3 is 0 Å². The summed E-state index contributed by atoms with van der Waals surface area (Å²) in [4.78, 5) is 33.5. The lowest BCUT2D eigenvalue weighted by molar-refractivity contribution is -0.136. The molecule has 154 valence electrons. The minimum absolute atomic E-state index is 0.00500. The summed E-state index contributed by atoms with van der Waals surface area (Å²) in [6.07, 6.45) is 5.75. The highest BCUT2D eigenvalue weighted by Crippen LogP contribution is 2.49. The molecule has 4 rings (SSSR count). The monoisotopic (exact) mass is 397 g/mol. The normalized spacial score (nSPS) is 21.2. The first-order valence-corrected chi connectivity index (χ1v) is 10.2. The zero-order chi connectivity index (χ0) is 20.6. The first-order valence-electron chi connectivity index (χ1n) is 10.2. The quantitative estimate of drug-likeness (QED) is 0.790. The first-order chi connectivity index (χ1) is 13.9. The highest BCUT2D eigenvalue weighted by Gasteiger charge is 2.50. The Kier molecular flexibility index (Phi) is 5.10. The molecule has 2 aromatic heterocycles. The number of carbonyl (C=O) groups is 2. The van der Waals surface area contributed by atoms with Crippen LogP contribution >= 0.6 is 0 Å². The summed E-state index contributed by atoms with van der Waals surface area (Å²) in [7, 11) is 0. The topological polar surface area (TPSA) is 92.4 Å². The molecule has 0 aliphatic carbocycles. The van der Waals surface area contributed by atoms with E-state index in [0.717, 1.165) is 32.4 Å². The lowest BCUT2D eigenvalue weighted by atomic mass is 9.76. The van der Waals surface area contributed by atoms with Crippen LogP contribution in [0, 0.1) is 18.3 Å². The molecule has 1 unspecified atom stereocenters. The maximum Gasteiger partial charge on any atom is 0.256 e. The second kappa shape index (κ2) is 7.57. The highest BCUT2D eigenvalue weighted by molar-refractivity contribution is 5.94. The smallest absolute Gasteiger partial charge is 0.256 e. The molecule has 29 heavy (non-hydrogen) atoms. The Labute approximate surface area is 170 Å². The number of pyridine rings is 1. The Morgan fingerprint density at radius 2 is 2.00 bits per heavy atom. The largest absolute Gasteiger partial charge is 0.423 e. The number of piperidine rings is 1. The van der Waals surface area contributed by atoms with Crippen LogP contribution in [0.1, 0.15) is 61.3 Å². The van der Waals surface area contributed by atoms with Crippen molar-refractivity contribution in [3.8, 4) is 0 Å². The van der Waals surface area contributed by atoms with Gasteiger partial charge in [-0.05, 0) is 36.8 Å². The number of rotatable bonds is 3. The molecule has 0 aromatic carbocycles. The van der Waals surface area contributed by atoms with Crippen molar-refractivity contribution in [3.63, 3.8) is 0 Å². The first kappa shape index (κ1) is 19.5. The molecule has 1 atom stereocenters. The van der Waals surface area contributed by atoms with E-state index in [1.165, 1.54) is 0 Å². The van der Waals surface area contributed by atoms with Crippen molar-refractivity contribution in [2.75, 3.05) is 19.6 Å². The number of aryl methyl sites for hydroxylation is 1. The minimum Gasteiger partial charge on any atom is -0.423 e. The van der Waals surface area contributed by atoms with Crippen LogP contribution in [0.25, 0.3) is 0 Å². The summed E-state index contributed by atoms with van der Waals surface area (Å²) in [6, 6.07) is 3.29. The lowest BCUT2D eigenvalue weighted by Gasteiger charge is -2.39. The molecule has 2 aliphatic rings. The van der Waals surface area contributed by atoms with Crippen LogP contribution in [-0.2, 0) is 4.79 Å². The van der Waals surface area contributed by atoms with Gasteiger partial charge in [-0.15, -0.1) is 10.2 Å². The van der Waals surface area contributed by atoms with Gasteiger partial charge in [-0.1, -0.05) is 13.8 Å². The second-order valence-corrected chi connectivity index (χ2v) is 8.53. The van der Waals surface area contributed by atoms with Gasteiger partial charge in [-0.3, -0.25) is 14.6 Å². The number of amides is 2. The number of aromatic nitrogens is 3. The van der Waals surface area contributed by atoms with Crippen LogP contribution in [-0.4, -0.2) is 56.4 Å².